The molecule has 0 atom stereocenters. The fraction of sp³-hybridized carbons (Fsp3) is 0.250. The average molecular weight is 478 g/mol. The van der Waals surface area contributed by atoms with E-state index in [1.165, 1.54) is 13.1 Å². The molecule has 3 N–H and O–H groups in total. The van der Waals surface area contributed by atoms with Crippen molar-refractivity contribution < 1.29 is 22.7 Å². The molecule has 170 valence electrons. The highest BCUT2D eigenvalue weighted by Crippen LogP contribution is 2.32. The Morgan fingerprint density at radius 3 is 2.62 bits per heavy atom. The SMILES string of the molecule is CNS(=O)(=O)c1cc(NC(=O)CSc2n[nH]c(-c3ccc(OC)cc3OC)n2)ccc1C. The van der Waals surface area contributed by atoms with Gasteiger partial charge in [0.1, 0.15) is 11.5 Å². The van der Waals surface area contributed by atoms with Crippen molar-refractivity contribution in [2.45, 2.75) is 17.0 Å². The second kappa shape index (κ2) is 10.0. The minimum atomic E-state index is -3.63. The predicted octanol–water partition coefficient (Wildman–Crippen LogP) is 2.44. The number of aromatic amines is 1. The van der Waals surface area contributed by atoms with Crippen LogP contribution < -0.4 is 19.5 Å². The molecule has 32 heavy (non-hydrogen) atoms. The summed E-state index contributed by atoms with van der Waals surface area (Å²) in [6, 6.07) is 10.0. The number of methoxy groups -OCH3 is 2. The number of hydrogen-bond acceptors (Lipinski definition) is 8. The van der Waals surface area contributed by atoms with Crippen molar-refractivity contribution in [3.05, 3.63) is 42.0 Å². The summed E-state index contributed by atoms with van der Waals surface area (Å²) in [5, 5.41) is 10.0. The van der Waals surface area contributed by atoms with Gasteiger partial charge in [0.2, 0.25) is 21.1 Å². The minimum Gasteiger partial charge on any atom is -0.497 e. The number of amides is 1. The number of H-pyrrole nitrogens is 1. The molecule has 3 aromatic rings. The monoisotopic (exact) mass is 477 g/mol. The number of hydrogen-bond donors (Lipinski definition) is 3. The molecule has 0 unspecified atom stereocenters. The molecule has 1 heterocycles. The van der Waals surface area contributed by atoms with Gasteiger partial charge in [0.25, 0.3) is 0 Å². The predicted molar refractivity (Wildman–Crippen MR) is 122 cm³/mol. The second-order valence-corrected chi connectivity index (χ2v) is 9.35. The maximum Gasteiger partial charge on any atom is 0.240 e. The number of carbonyl (C=O) groups excluding carboxylic acids is 1. The molecule has 0 radical (unpaired) electrons. The number of anilines is 1. The maximum absolute atomic E-state index is 12.4. The van der Waals surface area contributed by atoms with Crippen LogP contribution in [0.5, 0.6) is 11.5 Å². The summed E-state index contributed by atoms with van der Waals surface area (Å²) in [4.78, 5) is 16.9. The van der Waals surface area contributed by atoms with Gasteiger partial charge in [0.05, 0.1) is 30.4 Å². The van der Waals surface area contributed by atoms with Gasteiger partial charge in [-0.2, -0.15) is 0 Å². The van der Waals surface area contributed by atoms with Gasteiger partial charge in [-0.25, -0.2) is 18.1 Å². The summed E-state index contributed by atoms with van der Waals surface area (Å²) in [6.45, 7) is 1.68. The molecular formula is C20H23N5O5S2. The van der Waals surface area contributed by atoms with Crippen LogP contribution in [0.25, 0.3) is 11.4 Å². The number of sulfonamides is 1. The van der Waals surface area contributed by atoms with E-state index in [1.54, 1.807) is 51.5 Å². The lowest BCUT2D eigenvalue weighted by Crippen LogP contribution is -2.20. The first kappa shape index (κ1) is 23.6. The molecule has 3 rings (SSSR count). The van der Waals surface area contributed by atoms with Crippen molar-refractivity contribution in [1.82, 2.24) is 19.9 Å². The molecule has 0 bridgehead atoms. The third-order valence-corrected chi connectivity index (χ3v) is 6.89. The van der Waals surface area contributed by atoms with Crippen molar-refractivity contribution in [3.63, 3.8) is 0 Å². The Bertz CT molecular complexity index is 1230. The van der Waals surface area contributed by atoms with Crippen molar-refractivity contribution in [1.29, 1.82) is 0 Å². The zero-order chi connectivity index (χ0) is 23.3. The van der Waals surface area contributed by atoms with Gasteiger partial charge >= 0.3 is 0 Å². The largest absolute Gasteiger partial charge is 0.497 e. The maximum atomic E-state index is 12.4. The Balaban J connectivity index is 1.66. The first-order valence-electron chi connectivity index (χ1n) is 9.39. The van der Waals surface area contributed by atoms with Crippen LogP contribution in [-0.4, -0.2) is 56.5 Å². The van der Waals surface area contributed by atoms with E-state index in [1.807, 2.05) is 0 Å². The number of nitrogens with zero attached hydrogens (tertiary/aromatic N) is 2. The van der Waals surface area contributed by atoms with E-state index in [9.17, 15) is 13.2 Å². The van der Waals surface area contributed by atoms with Crippen LogP contribution in [0.4, 0.5) is 5.69 Å². The zero-order valence-corrected chi connectivity index (χ0v) is 19.6. The van der Waals surface area contributed by atoms with Crippen molar-refractivity contribution >= 4 is 33.4 Å². The first-order valence-corrected chi connectivity index (χ1v) is 11.9. The Morgan fingerprint density at radius 2 is 1.94 bits per heavy atom. The molecule has 0 saturated carbocycles. The van der Waals surface area contributed by atoms with Crippen LogP contribution >= 0.6 is 11.8 Å². The highest BCUT2D eigenvalue weighted by atomic mass is 32.2. The van der Waals surface area contributed by atoms with Crippen LogP contribution in [0.3, 0.4) is 0 Å². The minimum absolute atomic E-state index is 0.0407. The molecule has 1 aromatic heterocycles. The van der Waals surface area contributed by atoms with Gasteiger partial charge in [0, 0.05) is 11.8 Å². The van der Waals surface area contributed by atoms with E-state index in [0.717, 1.165) is 11.8 Å². The fourth-order valence-electron chi connectivity index (χ4n) is 2.83. The van der Waals surface area contributed by atoms with Crippen molar-refractivity contribution in [2.75, 3.05) is 32.3 Å². The molecular weight excluding hydrogens is 454 g/mol. The molecule has 0 fully saturated rings. The lowest BCUT2D eigenvalue weighted by atomic mass is 10.2. The molecule has 0 saturated heterocycles. The highest BCUT2D eigenvalue weighted by molar-refractivity contribution is 7.99. The topological polar surface area (TPSA) is 135 Å². The molecule has 0 spiro atoms. The normalized spacial score (nSPS) is 11.2. The van der Waals surface area contributed by atoms with E-state index in [4.69, 9.17) is 9.47 Å². The third-order valence-electron chi connectivity index (χ3n) is 4.49. The van der Waals surface area contributed by atoms with Crippen LogP contribution in [0.1, 0.15) is 5.56 Å². The lowest BCUT2D eigenvalue weighted by molar-refractivity contribution is -0.113. The number of carbonyl (C=O) groups is 1. The molecule has 10 nitrogen and oxygen atoms in total. The molecule has 12 heteroatoms. The Hall–Kier alpha value is -3.09. The summed E-state index contributed by atoms with van der Waals surface area (Å²) < 4.78 is 37.1. The van der Waals surface area contributed by atoms with Crippen LogP contribution in [0.15, 0.2) is 46.5 Å². The molecule has 0 aliphatic heterocycles. The van der Waals surface area contributed by atoms with Gasteiger partial charge in [-0.05, 0) is 43.8 Å². The highest BCUT2D eigenvalue weighted by Gasteiger charge is 2.17. The van der Waals surface area contributed by atoms with E-state index in [-0.39, 0.29) is 16.6 Å². The van der Waals surface area contributed by atoms with E-state index in [2.05, 4.69) is 25.2 Å². The second-order valence-electron chi connectivity index (χ2n) is 6.56. The van der Waals surface area contributed by atoms with Gasteiger partial charge in [-0.3, -0.25) is 9.89 Å². The quantitative estimate of drug-likeness (QED) is 0.400. The molecule has 0 aliphatic rings. The van der Waals surface area contributed by atoms with Crippen molar-refractivity contribution in [2.24, 2.45) is 0 Å². The van der Waals surface area contributed by atoms with Crippen LogP contribution in [-0.2, 0) is 14.8 Å². The number of ether oxygens (including phenoxy) is 2. The van der Waals surface area contributed by atoms with E-state index in [0.29, 0.717) is 39.3 Å². The number of thioether (sulfide) groups is 1. The van der Waals surface area contributed by atoms with Gasteiger partial charge in [0.15, 0.2) is 5.82 Å². The number of nitrogens with one attached hydrogen (secondary N) is 3. The van der Waals surface area contributed by atoms with E-state index >= 15 is 0 Å². The Labute approximate surface area is 190 Å². The number of aromatic nitrogens is 3. The summed E-state index contributed by atoms with van der Waals surface area (Å²) >= 11 is 1.14. The number of rotatable bonds is 9. The average Bonchev–Trinajstić information content (AvgIpc) is 3.27. The third kappa shape index (κ3) is 5.39. The molecule has 2 aromatic carbocycles. The van der Waals surface area contributed by atoms with E-state index < -0.39 is 10.0 Å². The van der Waals surface area contributed by atoms with Crippen LogP contribution in [0.2, 0.25) is 0 Å². The number of aryl methyl sites for hydroxylation is 1. The Morgan fingerprint density at radius 1 is 1.16 bits per heavy atom. The first-order chi connectivity index (χ1) is 15.3. The van der Waals surface area contributed by atoms with Gasteiger partial charge < -0.3 is 14.8 Å². The summed E-state index contributed by atoms with van der Waals surface area (Å²) in [5.74, 6) is 1.44. The zero-order valence-electron chi connectivity index (χ0n) is 17.9. The molecule has 0 aliphatic carbocycles. The summed E-state index contributed by atoms with van der Waals surface area (Å²) in [7, 11) is 0.829. The lowest BCUT2D eigenvalue weighted by Gasteiger charge is -2.10. The van der Waals surface area contributed by atoms with Gasteiger partial charge in [-0.1, -0.05) is 17.8 Å². The Kier molecular flexibility index (Phi) is 7.38. The van der Waals surface area contributed by atoms with Crippen molar-refractivity contribution in [3.8, 4) is 22.9 Å². The van der Waals surface area contributed by atoms with Crippen LogP contribution in [0, 0.1) is 6.92 Å². The standard InChI is InChI=1S/C20H23N5O5S2/c1-12-5-6-13(9-17(12)32(27,28)21-2)22-18(26)11-31-20-23-19(24-25-20)15-8-7-14(29-3)10-16(15)30-4/h5-10,21H,11H2,1-4H3,(H,22,26)(H,23,24,25). The smallest absolute Gasteiger partial charge is 0.240 e. The fourth-order valence-corrected chi connectivity index (χ4v) is 4.42. The van der Waals surface area contributed by atoms with Gasteiger partial charge in [-0.15, -0.1) is 5.10 Å². The summed E-state index contributed by atoms with van der Waals surface area (Å²) in [5.41, 5.74) is 1.66. The summed E-state index contributed by atoms with van der Waals surface area (Å²) in [6.07, 6.45) is 0. The molecule has 1 amide bonds. The number of benzene rings is 2.